The van der Waals surface area contributed by atoms with Crippen LogP contribution in [-0.4, -0.2) is 51.8 Å². The number of imide groups is 1. The molecule has 0 aliphatic carbocycles. The van der Waals surface area contributed by atoms with Crippen molar-refractivity contribution >= 4 is 17.9 Å². The lowest BCUT2D eigenvalue weighted by atomic mass is 9.96. The maximum Gasteiger partial charge on any atom is 0.429 e. The van der Waals surface area contributed by atoms with Crippen molar-refractivity contribution in [1.82, 2.24) is 10.2 Å². The van der Waals surface area contributed by atoms with Gasteiger partial charge in [-0.25, -0.2) is 14.5 Å². The Hall–Kier alpha value is -2.01. The molecule has 6 nitrogen and oxygen atoms in total. The summed E-state index contributed by atoms with van der Waals surface area (Å²) in [6.45, 7) is 2.85. The van der Waals surface area contributed by atoms with E-state index >= 15 is 0 Å². The molecule has 1 rings (SSSR count). The molecule has 0 spiro atoms. The van der Waals surface area contributed by atoms with Crippen LogP contribution >= 0.6 is 0 Å². The van der Waals surface area contributed by atoms with Crippen molar-refractivity contribution in [3.8, 4) is 0 Å². The van der Waals surface area contributed by atoms with Crippen LogP contribution in [0.2, 0.25) is 0 Å². The molecule has 1 unspecified atom stereocenters. The Bertz CT molecular complexity index is 514. The van der Waals surface area contributed by atoms with Gasteiger partial charge in [-0.1, -0.05) is 13.8 Å². The number of carbonyl (C=O) groups excluding carboxylic acids is 2. The highest BCUT2D eigenvalue weighted by atomic mass is 19.4. The van der Waals surface area contributed by atoms with Gasteiger partial charge < -0.3 is 10.4 Å². The fourth-order valence-corrected chi connectivity index (χ4v) is 2.14. The first kappa shape index (κ1) is 19.0. The molecule has 0 bridgehead atoms. The van der Waals surface area contributed by atoms with Crippen LogP contribution in [0.5, 0.6) is 0 Å². The van der Waals surface area contributed by atoms with E-state index in [1.807, 2.05) is 0 Å². The second-order valence-electron chi connectivity index (χ2n) is 5.33. The zero-order chi connectivity index (χ0) is 18.4. The molecule has 0 aromatic heterocycles. The molecule has 1 aliphatic heterocycles. The quantitative estimate of drug-likeness (QED) is 0.599. The fraction of sp³-hybridized carbons (Fsp3) is 0.727. The molecule has 1 aliphatic rings. The molecule has 1 fully saturated rings. The number of halogens is 6. The van der Waals surface area contributed by atoms with Crippen LogP contribution in [0.4, 0.5) is 31.1 Å². The van der Waals surface area contributed by atoms with Gasteiger partial charge in [-0.15, -0.1) is 0 Å². The van der Waals surface area contributed by atoms with E-state index in [9.17, 15) is 40.7 Å². The van der Waals surface area contributed by atoms with Crippen LogP contribution in [-0.2, 0) is 9.59 Å². The van der Waals surface area contributed by atoms with Gasteiger partial charge in [0.25, 0.3) is 5.91 Å². The van der Waals surface area contributed by atoms with Gasteiger partial charge in [0.05, 0.1) is 0 Å². The number of aliphatic carboxylic acids is 1. The standard InChI is InChI=1S/C11H12F6N2O4/c1-4(2)3-5(6(20)21)19-7(22)9(10(12,13)14,11(15,16)17)18-8(19)23/h4-5H,3H2,1-2H3,(H,18,23)(H,20,21). The topological polar surface area (TPSA) is 86.7 Å². The summed E-state index contributed by atoms with van der Waals surface area (Å²) < 4.78 is 77.4. The van der Waals surface area contributed by atoms with Crippen LogP contribution in [0.15, 0.2) is 0 Å². The number of carbonyl (C=O) groups is 3. The van der Waals surface area contributed by atoms with Crippen molar-refractivity contribution in [2.24, 2.45) is 5.92 Å². The molecule has 3 amide bonds. The Kier molecular flexibility index (Phi) is 4.61. The van der Waals surface area contributed by atoms with Gasteiger partial charge in [-0.05, 0) is 12.3 Å². The number of alkyl halides is 6. The van der Waals surface area contributed by atoms with E-state index in [1.165, 1.54) is 13.8 Å². The molecule has 1 atom stereocenters. The number of urea groups is 1. The first-order chi connectivity index (χ1) is 10.2. The highest BCUT2D eigenvalue weighted by Gasteiger charge is 2.81. The van der Waals surface area contributed by atoms with E-state index < -0.39 is 59.1 Å². The van der Waals surface area contributed by atoms with E-state index in [-0.39, 0.29) is 0 Å². The minimum Gasteiger partial charge on any atom is -0.480 e. The van der Waals surface area contributed by atoms with Gasteiger partial charge in [0, 0.05) is 0 Å². The van der Waals surface area contributed by atoms with E-state index in [1.54, 1.807) is 0 Å². The third-order valence-corrected chi connectivity index (χ3v) is 3.19. The summed E-state index contributed by atoms with van der Waals surface area (Å²) in [7, 11) is 0. The van der Waals surface area contributed by atoms with Crippen molar-refractivity contribution in [2.75, 3.05) is 0 Å². The van der Waals surface area contributed by atoms with Gasteiger partial charge >= 0.3 is 29.9 Å². The number of carboxylic acids is 1. The third-order valence-electron chi connectivity index (χ3n) is 3.19. The van der Waals surface area contributed by atoms with Gasteiger partial charge in [0.1, 0.15) is 6.04 Å². The Morgan fingerprint density at radius 2 is 1.61 bits per heavy atom. The highest BCUT2D eigenvalue weighted by molar-refractivity contribution is 6.10. The second kappa shape index (κ2) is 5.57. The average molecular weight is 350 g/mol. The Labute approximate surface area is 125 Å². The largest absolute Gasteiger partial charge is 0.480 e. The predicted molar refractivity (Wildman–Crippen MR) is 61.1 cm³/mol. The minimum atomic E-state index is -6.19. The van der Waals surface area contributed by atoms with Gasteiger partial charge in [0.2, 0.25) is 0 Å². The summed E-state index contributed by atoms with van der Waals surface area (Å²) in [5.74, 6) is -5.10. The molecule has 2 N–H and O–H groups in total. The van der Waals surface area contributed by atoms with Crippen molar-refractivity contribution < 1.29 is 45.8 Å². The van der Waals surface area contributed by atoms with Gasteiger partial charge in [-0.3, -0.25) is 4.79 Å². The van der Waals surface area contributed by atoms with E-state index in [0.717, 1.165) is 0 Å². The lowest BCUT2D eigenvalue weighted by molar-refractivity contribution is -0.290. The molecule has 23 heavy (non-hydrogen) atoms. The summed E-state index contributed by atoms with van der Waals surface area (Å²) in [6, 6.07) is -4.20. The summed E-state index contributed by atoms with van der Waals surface area (Å²) in [5.41, 5.74) is -5.15. The van der Waals surface area contributed by atoms with Gasteiger partial charge in [-0.2, -0.15) is 26.3 Å². The summed E-state index contributed by atoms with van der Waals surface area (Å²) in [4.78, 5) is 33.9. The van der Waals surface area contributed by atoms with Crippen molar-refractivity contribution in [3.05, 3.63) is 0 Å². The van der Waals surface area contributed by atoms with E-state index in [4.69, 9.17) is 5.11 Å². The van der Waals surface area contributed by atoms with Crippen LogP contribution in [0.1, 0.15) is 20.3 Å². The maximum absolute atomic E-state index is 12.9. The van der Waals surface area contributed by atoms with Crippen molar-refractivity contribution in [3.63, 3.8) is 0 Å². The van der Waals surface area contributed by atoms with Crippen LogP contribution in [0, 0.1) is 5.92 Å². The SMILES string of the molecule is CC(C)CC(C(=O)O)N1C(=O)NC(C(F)(F)F)(C(F)(F)F)C1=O. The normalized spacial score (nSPS) is 20.0. The van der Waals surface area contributed by atoms with Crippen molar-refractivity contribution in [2.45, 2.75) is 44.2 Å². The molecule has 0 radical (unpaired) electrons. The molecular weight excluding hydrogens is 338 g/mol. The number of carboxylic acid groups (broad SMARTS) is 1. The Morgan fingerprint density at radius 3 is 1.87 bits per heavy atom. The lowest BCUT2D eigenvalue weighted by Gasteiger charge is -2.31. The number of hydrogen-bond donors (Lipinski definition) is 2. The summed E-state index contributed by atoms with van der Waals surface area (Å²) in [5, 5.41) is 9.54. The molecular formula is C11H12F6N2O4. The smallest absolute Gasteiger partial charge is 0.429 e. The molecule has 1 saturated heterocycles. The predicted octanol–water partition coefficient (Wildman–Crippen LogP) is 1.90. The number of nitrogens with zero attached hydrogens (tertiary/aromatic N) is 1. The van der Waals surface area contributed by atoms with Gasteiger partial charge in [0.15, 0.2) is 0 Å². The number of hydrogen-bond acceptors (Lipinski definition) is 3. The van der Waals surface area contributed by atoms with Crippen LogP contribution < -0.4 is 5.32 Å². The lowest BCUT2D eigenvalue weighted by Crippen LogP contribution is -2.68. The maximum atomic E-state index is 12.9. The molecule has 12 heteroatoms. The first-order valence-corrected chi connectivity index (χ1v) is 6.19. The van der Waals surface area contributed by atoms with E-state index in [0.29, 0.717) is 5.32 Å². The molecule has 0 aromatic carbocycles. The first-order valence-electron chi connectivity index (χ1n) is 6.19. The summed E-state index contributed by atoms with van der Waals surface area (Å²) >= 11 is 0. The molecule has 132 valence electrons. The number of rotatable bonds is 4. The van der Waals surface area contributed by atoms with Crippen molar-refractivity contribution in [1.29, 1.82) is 0 Å². The zero-order valence-electron chi connectivity index (χ0n) is 11.7. The van der Waals surface area contributed by atoms with E-state index in [2.05, 4.69) is 0 Å². The third kappa shape index (κ3) is 2.93. The molecule has 0 aromatic rings. The number of nitrogens with one attached hydrogen (secondary N) is 1. The fourth-order valence-electron chi connectivity index (χ4n) is 2.14. The number of amides is 3. The zero-order valence-corrected chi connectivity index (χ0v) is 11.7. The second-order valence-corrected chi connectivity index (χ2v) is 5.33. The molecule has 1 heterocycles. The van der Waals surface area contributed by atoms with Crippen LogP contribution in [0.3, 0.4) is 0 Å². The Morgan fingerprint density at radius 1 is 1.17 bits per heavy atom. The average Bonchev–Trinajstić information content (AvgIpc) is 2.57. The minimum absolute atomic E-state index is 0.500. The Balaban J connectivity index is 3.44. The highest BCUT2D eigenvalue weighted by Crippen LogP contribution is 2.47. The summed E-state index contributed by atoms with van der Waals surface area (Å²) in [6.07, 6.45) is -12.9. The van der Waals surface area contributed by atoms with Crippen LogP contribution in [0.25, 0.3) is 0 Å². The monoisotopic (exact) mass is 350 g/mol. The molecule has 0 saturated carbocycles.